The minimum atomic E-state index is -1.70. The molecule has 4 rings (SSSR count). The van der Waals surface area contributed by atoms with Crippen LogP contribution in [0.15, 0.2) is 36.5 Å². The van der Waals surface area contributed by atoms with Gasteiger partial charge < -0.3 is 0 Å². The van der Waals surface area contributed by atoms with Crippen LogP contribution < -0.4 is 8.96 Å². The Morgan fingerprint density at radius 1 is 1.00 bits per heavy atom. The van der Waals surface area contributed by atoms with E-state index in [1.54, 1.807) is 21.3 Å². The fourth-order valence-corrected chi connectivity index (χ4v) is 16.6. The molecule has 0 aliphatic carbocycles. The van der Waals surface area contributed by atoms with Crippen LogP contribution in [0.4, 0.5) is 0 Å². The van der Waals surface area contributed by atoms with Crippen LogP contribution in [0.25, 0.3) is 11.3 Å². The second-order valence-corrected chi connectivity index (χ2v) is 17.0. The van der Waals surface area contributed by atoms with Crippen LogP contribution in [0.2, 0.25) is 15.8 Å². The summed E-state index contributed by atoms with van der Waals surface area (Å²) in [6.07, 6.45) is 8.31. The summed E-state index contributed by atoms with van der Waals surface area (Å²) in [4.78, 5) is 0. The molecule has 0 radical (unpaired) electrons. The molecule has 2 aliphatic rings. The number of rotatable bonds is 1. The maximum absolute atomic E-state index is 2.54. The van der Waals surface area contributed by atoms with Crippen LogP contribution in [0, 0.1) is 6.92 Å². The Bertz CT molecular complexity index is 714. The van der Waals surface area contributed by atoms with E-state index in [2.05, 4.69) is 55.1 Å². The Morgan fingerprint density at radius 2 is 1.73 bits per heavy atom. The van der Waals surface area contributed by atoms with Gasteiger partial charge in [0, 0.05) is 0 Å². The molecule has 2 aromatic rings. The molecule has 0 N–H and O–H groups in total. The molecule has 0 saturated carbocycles. The number of aromatic nitrogens is 1. The zero-order valence-corrected chi connectivity index (χ0v) is 16.0. The van der Waals surface area contributed by atoms with Crippen molar-refractivity contribution in [2.24, 2.45) is 7.05 Å². The molecule has 0 unspecified atom stereocenters. The van der Waals surface area contributed by atoms with Gasteiger partial charge in [0.05, 0.1) is 0 Å². The molecule has 1 aromatic carbocycles. The fraction of sp³-hybridized carbons (Fsp3) is 0.450. The van der Waals surface area contributed by atoms with Crippen molar-refractivity contribution in [2.75, 3.05) is 0 Å². The summed E-state index contributed by atoms with van der Waals surface area (Å²) < 4.78 is 4.27. The first-order valence-corrected chi connectivity index (χ1v) is 14.3. The quantitative estimate of drug-likeness (QED) is 0.541. The van der Waals surface area contributed by atoms with Crippen molar-refractivity contribution in [3.8, 4) is 11.3 Å². The third-order valence-corrected chi connectivity index (χ3v) is 17.6. The van der Waals surface area contributed by atoms with Gasteiger partial charge >= 0.3 is 137 Å². The van der Waals surface area contributed by atoms with E-state index in [4.69, 9.17) is 0 Å². The summed E-state index contributed by atoms with van der Waals surface area (Å²) in [6.45, 7) is 2.23. The van der Waals surface area contributed by atoms with Crippen molar-refractivity contribution in [3.05, 3.63) is 47.7 Å². The van der Waals surface area contributed by atoms with Gasteiger partial charge in [-0.25, -0.2) is 0 Å². The first kappa shape index (κ1) is 14.5. The van der Waals surface area contributed by atoms with Crippen molar-refractivity contribution in [1.29, 1.82) is 0 Å². The summed E-state index contributed by atoms with van der Waals surface area (Å²) in [7, 11) is 2.25. The Morgan fingerprint density at radius 3 is 2.50 bits per heavy atom. The second-order valence-electron chi connectivity index (χ2n) is 7.36. The van der Waals surface area contributed by atoms with Crippen molar-refractivity contribution in [1.82, 2.24) is 0 Å². The van der Waals surface area contributed by atoms with Crippen LogP contribution in [0.5, 0.6) is 0 Å². The molecule has 2 aliphatic heterocycles. The van der Waals surface area contributed by atoms with E-state index in [-0.39, 0.29) is 0 Å². The Hall–Kier alpha value is -1.09. The Labute approximate surface area is 136 Å². The summed E-state index contributed by atoms with van der Waals surface area (Å²) in [6, 6.07) is 11.3. The topological polar surface area (TPSA) is 3.88 Å². The van der Waals surface area contributed by atoms with Crippen molar-refractivity contribution in [3.63, 3.8) is 0 Å². The van der Waals surface area contributed by atoms with E-state index in [9.17, 15) is 0 Å². The molecule has 22 heavy (non-hydrogen) atoms. The average molecular weight is 353 g/mol. The second kappa shape index (κ2) is 5.52. The molecule has 0 bridgehead atoms. The van der Waals surface area contributed by atoms with Crippen LogP contribution in [-0.4, -0.2) is 13.3 Å². The molecule has 1 fully saturated rings. The number of aryl methyl sites for hydroxylation is 3. The molecule has 1 saturated heterocycles. The number of fused-ring (bicyclic) bond motifs is 2. The number of benzene rings is 1. The van der Waals surface area contributed by atoms with Crippen molar-refractivity contribution in [2.45, 2.75) is 48.4 Å². The van der Waals surface area contributed by atoms with Gasteiger partial charge in [-0.1, -0.05) is 0 Å². The van der Waals surface area contributed by atoms with E-state index >= 15 is 0 Å². The van der Waals surface area contributed by atoms with Crippen LogP contribution >= 0.6 is 0 Å². The standard InChI is InChI=1S/C20H26GeN/c1-16-8-3-4-10-18(16)20-14-17-9-7-13-21(11-5-6-12-21)19(17)15-22(20)2/h3-4,8,10,14-15H,5-7,9,11-13H2,1-2H3/q+1. The van der Waals surface area contributed by atoms with Gasteiger partial charge in [-0.2, -0.15) is 0 Å². The van der Waals surface area contributed by atoms with Gasteiger partial charge in [-0.15, -0.1) is 0 Å². The van der Waals surface area contributed by atoms with Gasteiger partial charge in [0.25, 0.3) is 0 Å². The number of hydrogen-bond donors (Lipinski definition) is 0. The first-order chi connectivity index (χ1) is 10.7. The predicted molar refractivity (Wildman–Crippen MR) is 95.2 cm³/mol. The summed E-state index contributed by atoms with van der Waals surface area (Å²) in [5.74, 6) is 0. The summed E-state index contributed by atoms with van der Waals surface area (Å²) in [5, 5.41) is 4.78. The maximum atomic E-state index is 2.54. The number of nitrogens with zero attached hydrogens (tertiary/aromatic N) is 1. The third-order valence-electron chi connectivity index (χ3n) is 6.01. The van der Waals surface area contributed by atoms with Gasteiger partial charge in [0.2, 0.25) is 0 Å². The zero-order chi connectivity index (χ0) is 15.2. The van der Waals surface area contributed by atoms with Gasteiger partial charge in [0.15, 0.2) is 0 Å². The van der Waals surface area contributed by atoms with Crippen molar-refractivity contribution < 1.29 is 4.57 Å². The average Bonchev–Trinajstić information content (AvgIpc) is 2.98. The van der Waals surface area contributed by atoms with E-state index < -0.39 is 13.3 Å². The minimum absolute atomic E-state index is 1.31. The van der Waals surface area contributed by atoms with Crippen LogP contribution in [-0.2, 0) is 13.5 Å². The van der Waals surface area contributed by atoms with E-state index in [1.807, 2.05) is 4.40 Å². The van der Waals surface area contributed by atoms with E-state index in [0.717, 1.165) is 0 Å². The van der Waals surface area contributed by atoms with E-state index in [0.29, 0.717) is 0 Å². The molecule has 0 amide bonds. The summed E-state index contributed by atoms with van der Waals surface area (Å²) in [5.41, 5.74) is 5.87. The number of pyridine rings is 1. The molecule has 1 aromatic heterocycles. The molecular formula is C20H26GeN+. The van der Waals surface area contributed by atoms with Gasteiger partial charge in [0.1, 0.15) is 0 Å². The Balaban J connectivity index is 1.86. The number of hydrogen-bond acceptors (Lipinski definition) is 0. The van der Waals surface area contributed by atoms with Crippen LogP contribution in [0.1, 0.15) is 30.4 Å². The molecule has 2 heteroatoms. The van der Waals surface area contributed by atoms with Gasteiger partial charge in [-0.3, -0.25) is 0 Å². The molecule has 0 atom stereocenters. The molecule has 1 spiro atoms. The molecule has 1 nitrogen and oxygen atoms in total. The van der Waals surface area contributed by atoms with Crippen LogP contribution in [0.3, 0.4) is 0 Å². The third kappa shape index (κ3) is 2.25. The van der Waals surface area contributed by atoms with E-state index in [1.165, 1.54) is 42.5 Å². The summed E-state index contributed by atoms with van der Waals surface area (Å²) >= 11 is -1.70. The Kier molecular flexibility index (Phi) is 3.64. The normalized spacial score (nSPS) is 19.4. The zero-order valence-electron chi connectivity index (χ0n) is 13.9. The first-order valence-electron chi connectivity index (χ1n) is 8.79. The fourth-order valence-electron chi connectivity index (χ4n) is 4.83. The van der Waals surface area contributed by atoms with Gasteiger partial charge in [-0.05, 0) is 0 Å². The van der Waals surface area contributed by atoms with Crippen molar-refractivity contribution >= 4 is 17.7 Å². The molecule has 114 valence electrons. The monoisotopic (exact) mass is 354 g/mol. The molecule has 3 heterocycles. The predicted octanol–water partition coefficient (Wildman–Crippen LogP) is 3.88. The molecular weight excluding hydrogens is 327 g/mol. The SMILES string of the molecule is Cc1ccccc1-c1cc2[c](c[n+]1C)[Ge]1([CH2]CC[CH2]1)[CH2]CC2.